The van der Waals surface area contributed by atoms with Gasteiger partial charge in [-0.05, 0) is 10.8 Å². The Balaban J connectivity index is 2.76. The third-order valence-electron chi connectivity index (χ3n) is 2.92. The van der Waals surface area contributed by atoms with Crippen molar-refractivity contribution in [2.75, 3.05) is 6.61 Å². The van der Waals surface area contributed by atoms with Crippen LogP contribution in [0.3, 0.4) is 0 Å². The molecule has 0 saturated carbocycles. The SMILES string of the molecule is CC(C)(C)C1CONC1C(C)(C)C. The summed E-state index contributed by atoms with van der Waals surface area (Å²) in [6.45, 7) is 14.5. The van der Waals surface area contributed by atoms with Crippen molar-refractivity contribution in [3.8, 4) is 0 Å². The quantitative estimate of drug-likeness (QED) is 0.626. The van der Waals surface area contributed by atoms with Gasteiger partial charge in [-0.3, -0.25) is 0 Å². The minimum atomic E-state index is 0.272. The molecule has 0 aromatic carbocycles. The summed E-state index contributed by atoms with van der Waals surface area (Å²) in [5.74, 6) is 0.604. The van der Waals surface area contributed by atoms with Crippen molar-refractivity contribution >= 4 is 0 Å². The van der Waals surface area contributed by atoms with Crippen LogP contribution in [0.2, 0.25) is 0 Å². The Morgan fingerprint density at radius 2 is 1.54 bits per heavy atom. The lowest BCUT2D eigenvalue weighted by atomic mass is 9.69. The molecule has 2 heteroatoms. The highest BCUT2D eigenvalue weighted by molar-refractivity contribution is 4.92. The Morgan fingerprint density at radius 3 is 1.85 bits per heavy atom. The molecule has 1 saturated heterocycles. The molecule has 78 valence electrons. The number of nitrogens with one attached hydrogen (secondary N) is 1. The van der Waals surface area contributed by atoms with E-state index in [-0.39, 0.29) is 5.41 Å². The Kier molecular flexibility index (Phi) is 2.75. The normalized spacial score (nSPS) is 30.9. The van der Waals surface area contributed by atoms with Crippen LogP contribution in [-0.4, -0.2) is 12.6 Å². The third kappa shape index (κ3) is 2.44. The van der Waals surface area contributed by atoms with Crippen LogP contribution in [0.15, 0.2) is 0 Å². The van der Waals surface area contributed by atoms with Gasteiger partial charge in [0.25, 0.3) is 0 Å². The van der Waals surface area contributed by atoms with Crippen molar-refractivity contribution in [2.45, 2.75) is 47.6 Å². The maximum absolute atomic E-state index is 5.37. The first kappa shape index (κ1) is 11.0. The van der Waals surface area contributed by atoms with Crippen LogP contribution in [0, 0.1) is 16.7 Å². The minimum Gasteiger partial charge on any atom is -0.301 e. The van der Waals surface area contributed by atoms with Gasteiger partial charge in [-0.1, -0.05) is 41.5 Å². The first-order valence-electron chi connectivity index (χ1n) is 5.10. The third-order valence-corrected chi connectivity index (χ3v) is 2.92. The summed E-state index contributed by atoms with van der Waals surface area (Å²) >= 11 is 0. The van der Waals surface area contributed by atoms with Crippen molar-refractivity contribution in [3.05, 3.63) is 0 Å². The van der Waals surface area contributed by atoms with Crippen LogP contribution in [0.5, 0.6) is 0 Å². The fraction of sp³-hybridized carbons (Fsp3) is 1.00. The smallest absolute Gasteiger partial charge is 0.0731 e. The lowest BCUT2D eigenvalue weighted by molar-refractivity contribution is 0.0667. The summed E-state index contributed by atoms with van der Waals surface area (Å²) < 4.78 is 0. The molecule has 0 spiro atoms. The molecular weight excluding hydrogens is 162 g/mol. The predicted octanol–water partition coefficient (Wildman–Crippen LogP) is 2.60. The van der Waals surface area contributed by atoms with Crippen molar-refractivity contribution in [3.63, 3.8) is 0 Å². The molecule has 0 radical (unpaired) electrons. The van der Waals surface area contributed by atoms with Crippen molar-refractivity contribution in [1.82, 2.24) is 5.48 Å². The molecule has 0 aromatic heterocycles. The number of hydrogen-bond donors (Lipinski definition) is 1. The van der Waals surface area contributed by atoms with Gasteiger partial charge >= 0.3 is 0 Å². The van der Waals surface area contributed by atoms with E-state index in [2.05, 4.69) is 47.0 Å². The van der Waals surface area contributed by atoms with Gasteiger partial charge in [-0.15, -0.1) is 0 Å². The summed E-state index contributed by atoms with van der Waals surface area (Å²) in [5, 5.41) is 0. The largest absolute Gasteiger partial charge is 0.301 e. The molecule has 1 N–H and O–H groups in total. The number of hydrogen-bond acceptors (Lipinski definition) is 2. The molecule has 1 aliphatic heterocycles. The second-order valence-corrected chi connectivity index (χ2v) is 6.25. The van der Waals surface area contributed by atoms with E-state index in [1.165, 1.54) is 0 Å². The second-order valence-electron chi connectivity index (χ2n) is 6.25. The van der Waals surface area contributed by atoms with Crippen LogP contribution in [0.25, 0.3) is 0 Å². The molecule has 2 unspecified atom stereocenters. The van der Waals surface area contributed by atoms with Gasteiger partial charge in [0.15, 0.2) is 0 Å². The van der Waals surface area contributed by atoms with Gasteiger partial charge in [-0.25, -0.2) is 0 Å². The van der Waals surface area contributed by atoms with E-state index in [1.54, 1.807) is 0 Å². The van der Waals surface area contributed by atoms with Gasteiger partial charge in [0.05, 0.1) is 6.61 Å². The maximum Gasteiger partial charge on any atom is 0.0731 e. The van der Waals surface area contributed by atoms with E-state index in [0.29, 0.717) is 17.4 Å². The minimum absolute atomic E-state index is 0.272. The summed E-state index contributed by atoms with van der Waals surface area (Å²) in [5.41, 5.74) is 3.75. The average molecular weight is 185 g/mol. The second kappa shape index (κ2) is 3.25. The molecule has 0 aromatic rings. The number of hydroxylamine groups is 1. The topological polar surface area (TPSA) is 21.3 Å². The molecule has 0 bridgehead atoms. The maximum atomic E-state index is 5.37. The van der Waals surface area contributed by atoms with Gasteiger partial charge in [0, 0.05) is 12.0 Å². The molecule has 0 amide bonds. The standard InChI is InChI=1S/C11H23NO/c1-10(2,3)8-7-13-12-9(8)11(4,5)6/h8-9,12H,7H2,1-6H3. The highest BCUT2D eigenvalue weighted by Crippen LogP contribution is 2.38. The van der Waals surface area contributed by atoms with E-state index >= 15 is 0 Å². The first-order chi connectivity index (χ1) is 5.73. The Morgan fingerprint density at radius 1 is 1.00 bits per heavy atom. The highest BCUT2D eigenvalue weighted by Gasteiger charge is 2.42. The Hall–Kier alpha value is -0.0800. The predicted molar refractivity (Wildman–Crippen MR) is 55.3 cm³/mol. The number of rotatable bonds is 0. The molecule has 1 rings (SSSR count). The fourth-order valence-corrected chi connectivity index (χ4v) is 1.94. The Bertz CT molecular complexity index is 156. The summed E-state index contributed by atoms with van der Waals surface area (Å²) in [4.78, 5) is 5.37. The molecule has 1 fully saturated rings. The van der Waals surface area contributed by atoms with Gasteiger partial charge < -0.3 is 4.84 Å². The molecular formula is C11H23NO. The Labute approximate surface area is 82.0 Å². The zero-order valence-corrected chi connectivity index (χ0v) is 9.77. The van der Waals surface area contributed by atoms with Crippen LogP contribution in [-0.2, 0) is 4.84 Å². The van der Waals surface area contributed by atoms with Crippen LogP contribution >= 0.6 is 0 Å². The van der Waals surface area contributed by atoms with E-state index in [1.807, 2.05) is 0 Å². The van der Waals surface area contributed by atoms with Crippen LogP contribution in [0.1, 0.15) is 41.5 Å². The molecule has 1 aliphatic rings. The van der Waals surface area contributed by atoms with E-state index < -0.39 is 0 Å². The van der Waals surface area contributed by atoms with E-state index in [0.717, 1.165) is 6.61 Å². The monoisotopic (exact) mass is 185 g/mol. The molecule has 1 heterocycles. The lowest BCUT2D eigenvalue weighted by Gasteiger charge is -2.37. The van der Waals surface area contributed by atoms with Gasteiger partial charge in [0.1, 0.15) is 0 Å². The fourth-order valence-electron chi connectivity index (χ4n) is 1.94. The van der Waals surface area contributed by atoms with Crippen molar-refractivity contribution in [1.29, 1.82) is 0 Å². The van der Waals surface area contributed by atoms with Crippen molar-refractivity contribution in [2.24, 2.45) is 16.7 Å². The van der Waals surface area contributed by atoms with E-state index in [4.69, 9.17) is 4.84 Å². The first-order valence-corrected chi connectivity index (χ1v) is 5.10. The van der Waals surface area contributed by atoms with Crippen LogP contribution < -0.4 is 5.48 Å². The molecule has 2 nitrogen and oxygen atoms in total. The zero-order valence-electron chi connectivity index (χ0n) is 9.77. The van der Waals surface area contributed by atoms with Crippen molar-refractivity contribution < 1.29 is 4.84 Å². The molecule has 2 atom stereocenters. The average Bonchev–Trinajstić information content (AvgIpc) is 2.27. The zero-order chi connectivity index (χ0) is 10.3. The van der Waals surface area contributed by atoms with Gasteiger partial charge in [0.2, 0.25) is 0 Å². The lowest BCUT2D eigenvalue weighted by Crippen LogP contribution is -2.44. The molecule has 13 heavy (non-hydrogen) atoms. The molecule has 0 aliphatic carbocycles. The highest BCUT2D eigenvalue weighted by atomic mass is 16.7. The summed E-state index contributed by atoms with van der Waals surface area (Å²) in [6.07, 6.45) is 0. The van der Waals surface area contributed by atoms with Gasteiger partial charge in [-0.2, -0.15) is 5.48 Å². The summed E-state index contributed by atoms with van der Waals surface area (Å²) in [6, 6.07) is 0.465. The summed E-state index contributed by atoms with van der Waals surface area (Å²) in [7, 11) is 0. The van der Waals surface area contributed by atoms with E-state index in [9.17, 15) is 0 Å². The van der Waals surface area contributed by atoms with Crippen LogP contribution in [0.4, 0.5) is 0 Å².